The molecule has 14 heavy (non-hydrogen) atoms. The Morgan fingerprint density at radius 1 is 1.36 bits per heavy atom. The Morgan fingerprint density at radius 2 is 2.14 bits per heavy atom. The van der Waals surface area contributed by atoms with Crippen LogP contribution in [-0.2, 0) is 22.6 Å². The Kier molecular flexibility index (Phi) is 4.13. The second-order valence-corrected chi connectivity index (χ2v) is 2.90. The van der Waals surface area contributed by atoms with Crippen LogP contribution in [0, 0.1) is 0 Å². The van der Waals surface area contributed by atoms with Crippen molar-refractivity contribution in [2.45, 2.75) is 13.0 Å². The molecule has 0 heterocycles. The fourth-order valence-electron chi connectivity index (χ4n) is 1.41. The number of methoxy groups -OCH3 is 2. The fourth-order valence-corrected chi connectivity index (χ4v) is 1.41. The number of ether oxygens (including phenoxy) is 2. The maximum Gasteiger partial charge on any atom is 0.124 e. The zero-order valence-electron chi connectivity index (χ0n) is 8.45. The quantitative estimate of drug-likeness (QED) is 0.667. The SMILES string of the molecule is COCc1cccc(OC)c1CC=O. The summed E-state index contributed by atoms with van der Waals surface area (Å²) in [6, 6.07) is 5.67. The molecular formula is C11H14O3. The Bertz CT molecular complexity index is 307. The van der Waals surface area contributed by atoms with E-state index in [1.807, 2.05) is 18.2 Å². The fraction of sp³-hybridized carbons (Fsp3) is 0.364. The van der Waals surface area contributed by atoms with Gasteiger partial charge in [0.15, 0.2) is 0 Å². The van der Waals surface area contributed by atoms with Gasteiger partial charge in [-0.25, -0.2) is 0 Å². The van der Waals surface area contributed by atoms with Crippen LogP contribution in [-0.4, -0.2) is 20.5 Å². The molecule has 0 saturated carbocycles. The molecule has 0 aliphatic rings. The first-order valence-electron chi connectivity index (χ1n) is 4.40. The van der Waals surface area contributed by atoms with Crippen LogP contribution in [0.25, 0.3) is 0 Å². The molecule has 1 aromatic rings. The molecule has 0 saturated heterocycles. The monoisotopic (exact) mass is 194 g/mol. The lowest BCUT2D eigenvalue weighted by Gasteiger charge is -2.10. The number of hydrogen-bond donors (Lipinski definition) is 0. The van der Waals surface area contributed by atoms with Crippen LogP contribution in [0.1, 0.15) is 11.1 Å². The van der Waals surface area contributed by atoms with Crippen LogP contribution in [0.5, 0.6) is 5.75 Å². The Hall–Kier alpha value is -1.35. The van der Waals surface area contributed by atoms with Crippen LogP contribution in [0.15, 0.2) is 18.2 Å². The predicted molar refractivity (Wildman–Crippen MR) is 53.5 cm³/mol. The van der Waals surface area contributed by atoms with Gasteiger partial charge >= 0.3 is 0 Å². The van der Waals surface area contributed by atoms with Gasteiger partial charge in [-0.15, -0.1) is 0 Å². The minimum Gasteiger partial charge on any atom is -0.496 e. The van der Waals surface area contributed by atoms with Crippen molar-refractivity contribution in [2.75, 3.05) is 14.2 Å². The van der Waals surface area contributed by atoms with Gasteiger partial charge in [-0.2, -0.15) is 0 Å². The molecule has 0 radical (unpaired) electrons. The third kappa shape index (κ3) is 2.33. The van der Waals surface area contributed by atoms with Crippen molar-refractivity contribution < 1.29 is 14.3 Å². The van der Waals surface area contributed by atoms with Gasteiger partial charge in [-0.1, -0.05) is 12.1 Å². The van der Waals surface area contributed by atoms with Crippen LogP contribution in [0.4, 0.5) is 0 Å². The van der Waals surface area contributed by atoms with Gasteiger partial charge in [-0.05, 0) is 11.6 Å². The van der Waals surface area contributed by atoms with Crippen molar-refractivity contribution in [3.8, 4) is 5.75 Å². The van der Waals surface area contributed by atoms with E-state index in [4.69, 9.17) is 9.47 Å². The third-order valence-electron chi connectivity index (χ3n) is 2.04. The molecule has 0 N–H and O–H groups in total. The summed E-state index contributed by atoms with van der Waals surface area (Å²) in [5.74, 6) is 0.742. The summed E-state index contributed by atoms with van der Waals surface area (Å²) in [5.41, 5.74) is 1.91. The van der Waals surface area contributed by atoms with E-state index in [1.54, 1.807) is 14.2 Å². The number of rotatable bonds is 5. The molecule has 1 aromatic carbocycles. The van der Waals surface area contributed by atoms with Gasteiger partial charge in [0, 0.05) is 19.1 Å². The summed E-state index contributed by atoms with van der Waals surface area (Å²) < 4.78 is 10.2. The van der Waals surface area contributed by atoms with Gasteiger partial charge in [0.1, 0.15) is 12.0 Å². The maximum atomic E-state index is 10.5. The minimum absolute atomic E-state index is 0.364. The molecule has 0 amide bonds. The lowest BCUT2D eigenvalue weighted by atomic mass is 10.0. The highest BCUT2D eigenvalue weighted by Gasteiger charge is 2.07. The highest BCUT2D eigenvalue weighted by molar-refractivity contribution is 5.59. The highest BCUT2D eigenvalue weighted by atomic mass is 16.5. The van der Waals surface area contributed by atoms with Crippen molar-refractivity contribution in [1.29, 1.82) is 0 Å². The zero-order chi connectivity index (χ0) is 10.4. The van der Waals surface area contributed by atoms with Gasteiger partial charge in [0.2, 0.25) is 0 Å². The van der Waals surface area contributed by atoms with Crippen LogP contribution in [0.3, 0.4) is 0 Å². The lowest BCUT2D eigenvalue weighted by Crippen LogP contribution is -2.00. The van der Waals surface area contributed by atoms with E-state index in [9.17, 15) is 4.79 Å². The van der Waals surface area contributed by atoms with Gasteiger partial charge in [0.25, 0.3) is 0 Å². The Balaban J connectivity index is 3.06. The van der Waals surface area contributed by atoms with E-state index < -0.39 is 0 Å². The summed E-state index contributed by atoms with van der Waals surface area (Å²) in [6.45, 7) is 0.500. The molecule has 3 heteroatoms. The number of carbonyl (C=O) groups excluding carboxylic acids is 1. The van der Waals surface area contributed by atoms with Crippen molar-refractivity contribution >= 4 is 6.29 Å². The largest absolute Gasteiger partial charge is 0.496 e. The van der Waals surface area contributed by atoms with Gasteiger partial charge in [-0.3, -0.25) is 0 Å². The average molecular weight is 194 g/mol. The number of benzene rings is 1. The standard InChI is InChI=1S/C11H14O3/c1-13-8-9-4-3-5-11(14-2)10(9)6-7-12/h3-5,7H,6,8H2,1-2H3. The molecule has 0 spiro atoms. The number of aldehydes is 1. The van der Waals surface area contributed by atoms with Crippen molar-refractivity contribution in [3.63, 3.8) is 0 Å². The first-order chi connectivity index (χ1) is 6.83. The normalized spacial score (nSPS) is 9.86. The number of hydrogen-bond acceptors (Lipinski definition) is 3. The second-order valence-electron chi connectivity index (χ2n) is 2.90. The summed E-state index contributed by atoms with van der Waals surface area (Å²) >= 11 is 0. The molecule has 1 rings (SSSR count). The predicted octanol–water partition coefficient (Wildman–Crippen LogP) is 1.58. The molecule has 0 fully saturated rings. The average Bonchev–Trinajstić information content (AvgIpc) is 2.21. The van der Waals surface area contributed by atoms with Crippen molar-refractivity contribution in [1.82, 2.24) is 0 Å². The van der Waals surface area contributed by atoms with E-state index in [-0.39, 0.29) is 0 Å². The molecule has 3 nitrogen and oxygen atoms in total. The smallest absolute Gasteiger partial charge is 0.124 e. The second kappa shape index (κ2) is 5.40. The molecular weight excluding hydrogens is 180 g/mol. The summed E-state index contributed by atoms with van der Waals surface area (Å²) in [4.78, 5) is 10.5. The topological polar surface area (TPSA) is 35.5 Å². The number of carbonyl (C=O) groups is 1. The van der Waals surface area contributed by atoms with E-state index in [2.05, 4.69) is 0 Å². The molecule has 0 bridgehead atoms. The molecule has 0 aliphatic heterocycles. The van der Waals surface area contributed by atoms with E-state index in [1.165, 1.54) is 0 Å². The third-order valence-corrected chi connectivity index (χ3v) is 2.04. The van der Waals surface area contributed by atoms with Gasteiger partial charge in [0.05, 0.1) is 13.7 Å². The lowest BCUT2D eigenvalue weighted by molar-refractivity contribution is -0.107. The van der Waals surface area contributed by atoms with Gasteiger partial charge < -0.3 is 14.3 Å². The molecule has 0 aromatic heterocycles. The zero-order valence-corrected chi connectivity index (χ0v) is 8.45. The molecule has 76 valence electrons. The molecule has 0 atom stereocenters. The highest BCUT2D eigenvalue weighted by Crippen LogP contribution is 2.22. The molecule has 0 aliphatic carbocycles. The summed E-state index contributed by atoms with van der Waals surface area (Å²) in [6.07, 6.45) is 1.24. The maximum absolute atomic E-state index is 10.5. The van der Waals surface area contributed by atoms with Crippen molar-refractivity contribution in [3.05, 3.63) is 29.3 Å². The van der Waals surface area contributed by atoms with Crippen molar-refractivity contribution in [2.24, 2.45) is 0 Å². The van der Waals surface area contributed by atoms with E-state index in [0.717, 1.165) is 23.2 Å². The Morgan fingerprint density at radius 3 is 2.71 bits per heavy atom. The summed E-state index contributed by atoms with van der Waals surface area (Å²) in [5, 5.41) is 0. The molecule has 0 unspecified atom stereocenters. The first kappa shape index (κ1) is 10.7. The Labute approximate surface area is 83.6 Å². The van der Waals surface area contributed by atoms with Crippen LogP contribution >= 0.6 is 0 Å². The summed E-state index contributed by atoms with van der Waals surface area (Å²) in [7, 11) is 3.23. The van der Waals surface area contributed by atoms with Crippen LogP contribution < -0.4 is 4.74 Å². The first-order valence-corrected chi connectivity index (χ1v) is 4.40. The van der Waals surface area contributed by atoms with E-state index >= 15 is 0 Å². The van der Waals surface area contributed by atoms with E-state index in [0.29, 0.717) is 13.0 Å². The minimum atomic E-state index is 0.364. The van der Waals surface area contributed by atoms with Crippen LogP contribution in [0.2, 0.25) is 0 Å².